The second-order valence-electron chi connectivity index (χ2n) is 9.00. The van der Waals surface area contributed by atoms with Crippen LogP contribution in [-0.2, 0) is 9.59 Å². The number of hydrogen-bond donors (Lipinski definition) is 2. The minimum absolute atomic E-state index is 0.00497. The van der Waals surface area contributed by atoms with Gasteiger partial charge in [-0.05, 0) is 31.1 Å². The Morgan fingerprint density at radius 2 is 2.11 bits per heavy atom. The Balaban J connectivity index is 1.37. The highest BCUT2D eigenvalue weighted by Crippen LogP contribution is 2.34. The second kappa shape index (κ2) is 7.94. The number of likely N-dealkylation sites (tertiary alicyclic amines) is 1. The lowest BCUT2D eigenvalue weighted by Crippen LogP contribution is -2.30. The van der Waals surface area contributed by atoms with Gasteiger partial charge in [-0.3, -0.25) is 19.7 Å². The lowest BCUT2D eigenvalue weighted by molar-refractivity contribution is -0.124. The van der Waals surface area contributed by atoms with Crippen molar-refractivity contribution in [2.45, 2.75) is 37.6 Å². The number of nitrogens with one attached hydrogen (secondary N) is 2. The average Bonchev–Trinajstić information content (AvgIpc) is 3.15. The van der Waals surface area contributed by atoms with E-state index in [4.69, 9.17) is 4.98 Å². The van der Waals surface area contributed by atoms with E-state index in [0.717, 1.165) is 12.8 Å². The fraction of sp³-hybridized carbons (Fsp3) is 0.348. The Morgan fingerprint density at radius 3 is 2.80 bits per heavy atom. The van der Waals surface area contributed by atoms with Crippen molar-refractivity contribution in [3.63, 3.8) is 0 Å². The molecule has 0 spiro atoms. The van der Waals surface area contributed by atoms with Crippen LogP contribution >= 0.6 is 11.3 Å². The van der Waals surface area contributed by atoms with Crippen molar-refractivity contribution in [2.24, 2.45) is 0 Å². The number of halogens is 2. The predicted octanol–water partition coefficient (Wildman–Crippen LogP) is 2.94. The largest absolute Gasteiger partial charge is 0.367 e. The third-order valence-electron chi connectivity index (χ3n) is 6.18. The molecule has 0 atom stereocenters. The maximum atomic E-state index is 13.6. The number of aromatic nitrogens is 3. The van der Waals surface area contributed by atoms with Gasteiger partial charge >= 0.3 is 0 Å². The molecule has 0 aromatic carbocycles. The Kier molecular flexibility index (Phi) is 4.95. The Bertz CT molecular complexity index is 1420. The number of thiophene rings is 1. The molecule has 0 bridgehead atoms. The highest BCUT2D eigenvalue weighted by Gasteiger charge is 2.40. The van der Waals surface area contributed by atoms with Gasteiger partial charge in [-0.15, -0.1) is 11.3 Å². The number of carbonyl (C=O) groups excluding carboxylic acids is 3. The quantitative estimate of drug-likeness (QED) is 0.414. The summed E-state index contributed by atoms with van der Waals surface area (Å²) in [5, 5.41) is 10.1. The summed E-state index contributed by atoms with van der Waals surface area (Å²) >= 11 is 1.19. The van der Waals surface area contributed by atoms with E-state index in [1.54, 1.807) is 28.9 Å². The van der Waals surface area contributed by atoms with Crippen LogP contribution in [0.2, 0.25) is 0 Å². The third-order valence-corrected chi connectivity index (χ3v) is 7.28. The van der Waals surface area contributed by atoms with Crippen molar-refractivity contribution < 1.29 is 23.2 Å². The fourth-order valence-electron chi connectivity index (χ4n) is 4.21. The topological polar surface area (TPSA) is 109 Å². The molecule has 5 heterocycles. The summed E-state index contributed by atoms with van der Waals surface area (Å²) in [5.74, 6) is -3.34. The summed E-state index contributed by atoms with van der Waals surface area (Å²) in [6.45, 7) is -0.536. The zero-order valence-electron chi connectivity index (χ0n) is 18.4. The summed E-state index contributed by atoms with van der Waals surface area (Å²) in [7, 11) is 0. The van der Waals surface area contributed by atoms with Crippen LogP contribution in [0.1, 0.15) is 40.9 Å². The molecular formula is C23H20F2N6O3S. The molecule has 3 amide bonds. The minimum atomic E-state index is -2.85. The molecule has 3 aliphatic rings. The van der Waals surface area contributed by atoms with Gasteiger partial charge < -0.3 is 10.2 Å². The number of nitrogens with zero attached hydrogens (tertiary/aromatic N) is 4. The van der Waals surface area contributed by atoms with Crippen LogP contribution in [0.5, 0.6) is 0 Å². The van der Waals surface area contributed by atoms with E-state index in [9.17, 15) is 23.2 Å². The molecule has 2 aliphatic heterocycles. The summed E-state index contributed by atoms with van der Waals surface area (Å²) in [6.07, 6.45) is 4.94. The number of amides is 3. The monoisotopic (exact) mass is 498 g/mol. The normalized spacial score (nSPS) is 20.7. The van der Waals surface area contributed by atoms with Crippen LogP contribution < -0.4 is 10.6 Å². The van der Waals surface area contributed by atoms with E-state index < -0.39 is 24.3 Å². The van der Waals surface area contributed by atoms with Crippen LogP contribution in [0, 0.1) is 0 Å². The van der Waals surface area contributed by atoms with Crippen LogP contribution in [-0.4, -0.2) is 62.3 Å². The van der Waals surface area contributed by atoms with Gasteiger partial charge in [-0.1, -0.05) is 0 Å². The average molecular weight is 499 g/mol. The molecule has 3 aromatic rings. The van der Waals surface area contributed by atoms with Crippen LogP contribution in [0.4, 0.5) is 14.6 Å². The van der Waals surface area contributed by atoms with E-state index in [1.807, 2.05) is 6.07 Å². The fourth-order valence-corrected chi connectivity index (χ4v) is 5.15. The summed E-state index contributed by atoms with van der Waals surface area (Å²) < 4.78 is 28.8. The van der Waals surface area contributed by atoms with Gasteiger partial charge in [0.1, 0.15) is 5.82 Å². The zero-order valence-corrected chi connectivity index (χ0v) is 19.2. The first-order chi connectivity index (χ1) is 16.8. The minimum Gasteiger partial charge on any atom is -0.367 e. The molecule has 180 valence electrons. The SMILES string of the molecule is O=C1C/C(=C\c2cnn3c(NC4CC4)cc(-c4ccc(C(=O)N5CCC(F)(F)C5)s4)nc23)C(=O)N1. The number of carbonyl (C=O) groups is 3. The molecule has 6 rings (SSSR count). The Morgan fingerprint density at radius 1 is 1.29 bits per heavy atom. The number of fused-ring (bicyclic) bond motifs is 1. The van der Waals surface area contributed by atoms with E-state index in [2.05, 4.69) is 15.7 Å². The van der Waals surface area contributed by atoms with Crippen molar-refractivity contribution in [3.05, 3.63) is 40.4 Å². The summed E-state index contributed by atoms with van der Waals surface area (Å²) in [4.78, 5) is 43.4. The van der Waals surface area contributed by atoms with Gasteiger partial charge in [0.15, 0.2) is 5.65 Å². The van der Waals surface area contributed by atoms with Crippen LogP contribution in [0.3, 0.4) is 0 Å². The van der Waals surface area contributed by atoms with Crippen LogP contribution in [0.15, 0.2) is 30.0 Å². The summed E-state index contributed by atoms with van der Waals surface area (Å²) in [5.41, 5.74) is 1.99. The molecule has 1 aliphatic carbocycles. The van der Waals surface area contributed by atoms with E-state index in [1.165, 1.54) is 16.2 Å². The maximum absolute atomic E-state index is 13.6. The van der Waals surface area contributed by atoms with Crippen molar-refractivity contribution in [1.29, 1.82) is 0 Å². The van der Waals surface area contributed by atoms with Gasteiger partial charge in [-0.2, -0.15) is 9.61 Å². The highest BCUT2D eigenvalue weighted by molar-refractivity contribution is 7.17. The molecule has 9 nitrogen and oxygen atoms in total. The molecule has 0 unspecified atom stereocenters. The Hall–Kier alpha value is -3.67. The first-order valence-corrected chi connectivity index (χ1v) is 12.0. The van der Waals surface area contributed by atoms with Gasteiger partial charge in [0.2, 0.25) is 5.91 Å². The molecule has 2 saturated heterocycles. The molecule has 2 N–H and O–H groups in total. The molecule has 3 aromatic heterocycles. The third kappa shape index (κ3) is 4.18. The lowest BCUT2D eigenvalue weighted by atomic mass is 10.1. The van der Waals surface area contributed by atoms with E-state index >= 15 is 0 Å². The van der Waals surface area contributed by atoms with Crippen LogP contribution in [0.25, 0.3) is 22.3 Å². The highest BCUT2D eigenvalue weighted by atomic mass is 32.1. The van der Waals surface area contributed by atoms with Gasteiger partial charge in [0, 0.05) is 36.2 Å². The molecule has 3 fully saturated rings. The standard InChI is InChI=1S/C23H20F2N6O3S/c24-23(25)5-6-30(11-23)22(34)17-4-3-16(35-17)15-9-18(27-14-1-2-14)31-20(28-15)13(10-26-31)7-12-8-19(32)29-21(12)33/h3-4,7,9-10,14,27H,1-2,5-6,8,11H2,(H,29,32,33)/b12-7+. The first-order valence-electron chi connectivity index (χ1n) is 11.2. The first kappa shape index (κ1) is 21.8. The lowest BCUT2D eigenvalue weighted by Gasteiger charge is -2.14. The smallest absolute Gasteiger partial charge is 0.267 e. The van der Waals surface area contributed by atoms with Crippen molar-refractivity contribution in [1.82, 2.24) is 24.8 Å². The molecular weight excluding hydrogens is 478 g/mol. The zero-order chi connectivity index (χ0) is 24.3. The van der Waals surface area contributed by atoms with E-state index in [-0.39, 0.29) is 25.3 Å². The van der Waals surface area contributed by atoms with Gasteiger partial charge in [-0.25, -0.2) is 13.8 Å². The molecule has 0 radical (unpaired) electrons. The van der Waals surface area contributed by atoms with E-state index in [0.29, 0.717) is 44.1 Å². The molecule has 35 heavy (non-hydrogen) atoms. The van der Waals surface area contributed by atoms with Crippen molar-refractivity contribution in [2.75, 3.05) is 18.4 Å². The number of rotatable bonds is 5. The summed E-state index contributed by atoms with van der Waals surface area (Å²) in [6, 6.07) is 5.55. The number of anilines is 1. The molecule has 12 heteroatoms. The maximum Gasteiger partial charge on any atom is 0.267 e. The number of alkyl halides is 2. The van der Waals surface area contributed by atoms with Crippen molar-refractivity contribution >= 4 is 46.6 Å². The second-order valence-corrected chi connectivity index (χ2v) is 10.1. The Labute approximate surface area is 201 Å². The number of hydrogen-bond acceptors (Lipinski definition) is 7. The van der Waals surface area contributed by atoms with Crippen molar-refractivity contribution in [3.8, 4) is 10.6 Å². The van der Waals surface area contributed by atoms with Gasteiger partial charge in [0.05, 0.1) is 34.6 Å². The predicted molar refractivity (Wildman–Crippen MR) is 124 cm³/mol. The van der Waals surface area contributed by atoms with Gasteiger partial charge in [0.25, 0.3) is 17.7 Å². The molecule has 1 saturated carbocycles. The number of imide groups is 1.